The summed E-state index contributed by atoms with van der Waals surface area (Å²) in [6.07, 6.45) is 0.114. The van der Waals surface area contributed by atoms with Gasteiger partial charge in [-0.1, -0.05) is 25.1 Å². The van der Waals surface area contributed by atoms with E-state index < -0.39 is 12.1 Å². The van der Waals surface area contributed by atoms with Gasteiger partial charge in [0, 0.05) is 10.6 Å². The van der Waals surface area contributed by atoms with Gasteiger partial charge in [-0.05, 0) is 25.1 Å². The van der Waals surface area contributed by atoms with Gasteiger partial charge in [0.2, 0.25) is 0 Å². The normalized spacial score (nSPS) is 16.2. The van der Waals surface area contributed by atoms with Crippen LogP contribution in [-0.2, 0) is 4.79 Å². The molecule has 0 saturated carbocycles. The summed E-state index contributed by atoms with van der Waals surface area (Å²) in [7, 11) is 1.68. The molecule has 2 N–H and O–H groups in total. The quantitative estimate of drug-likeness (QED) is 0.572. The molecule has 0 aliphatic rings. The number of thioether (sulfide) groups is 1. The van der Waals surface area contributed by atoms with Crippen LogP contribution >= 0.6 is 11.8 Å². The molecule has 3 nitrogen and oxygen atoms in total. The van der Waals surface area contributed by atoms with Crippen LogP contribution in [0.5, 0.6) is 0 Å². The zero-order valence-electron chi connectivity index (χ0n) is 10.2. The summed E-state index contributed by atoms with van der Waals surface area (Å²) in [5, 5.41) is 12.8. The molecule has 0 amide bonds. The van der Waals surface area contributed by atoms with E-state index in [1.54, 1.807) is 18.8 Å². The van der Waals surface area contributed by atoms with Crippen LogP contribution in [-0.4, -0.2) is 36.3 Å². The summed E-state index contributed by atoms with van der Waals surface area (Å²) in [4.78, 5) is 11.9. The van der Waals surface area contributed by atoms with E-state index in [1.165, 1.54) is 4.90 Å². The maximum absolute atomic E-state index is 10.7. The molecule has 1 aromatic rings. The Kier molecular flexibility index (Phi) is 6.26. The number of rotatable bonds is 7. The van der Waals surface area contributed by atoms with Crippen molar-refractivity contribution in [1.82, 2.24) is 5.32 Å². The third-order valence-electron chi connectivity index (χ3n) is 2.69. The molecule has 4 heteroatoms. The Morgan fingerprint density at radius 3 is 2.59 bits per heavy atom. The van der Waals surface area contributed by atoms with E-state index in [-0.39, 0.29) is 5.92 Å². The minimum atomic E-state index is -0.645. The molecular weight excluding hydrogens is 234 g/mol. The van der Waals surface area contributed by atoms with Crippen molar-refractivity contribution in [1.29, 1.82) is 0 Å². The fourth-order valence-electron chi connectivity index (χ4n) is 1.52. The summed E-state index contributed by atoms with van der Waals surface area (Å²) in [6, 6.07) is 9.56. The van der Waals surface area contributed by atoms with E-state index in [1.807, 2.05) is 37.3 Å². The van der Waals surface area contributed by atoms with Crippen LogP contribution in [0.3, 0.4) is 0 Å². The molecule has 0 aliphatic heterocycles. The highest BCUT2D eigenvalue weighted by molar-refractivity contribution is 7.99. The molecule has 0 spiro atoms. The highest BCUT2D eigenvalue weighted by Gasteiger charge is 2.22. The van der Waals surface area contributed by atoms with Crippen LogP contribution in [0.1, 0.15) is 6.92 Å². The van der Waals surface area contributed by atoms with E-state index >= 15 is 0 Å². The molecule has 0 heterocycles. The van der Waals surface area contributed by atoms with Crippen LogP contribution < -0.4 is 5.32 Å². The average molecular weight is 253 g/mol. The molecule has 17 heavy (non-hydrogen) atoms. The van der Waals surface area contributed by atoms with Crippen LogP contribution in [0.4, 0.5) is 0 Å². The summed E-state index contributed by atoms with van der Waals surface area (Å²) in [5.74, 6) is 0.847. The SMILES string of the molecule is CN[C@H](C=O)[C@H](O)C(C)CSc1ccccc1. The molecule has 0 fully saturated rings. The summed E-state index contributed by atoms with van der Waals surface area (Å²) < 4.78 is 0. The molecule has 1 aromatic carbocycles. The lowest BCUT2D eigenvalue weighted by Gasteiger charge is -2.23. The zero-order chi connectivity index (χ0) is 12.7. The van der Waals surface area contributed by atoms with E-state index in [2.05, 4.69) is 5.32 Å². The second kappa shape index (κ2) is 7.48. The van der Waals surface area contributed by atoms with Gasteiger partial charge in [0.05, 0.1) is 12.1 Å². The van der Waals surface area contributed by atoms with Crippen molar-refractivity contribution in [2.75, 3.05) is 12.8 Å². The number of aliphatic hydroxyl groups excluding tert-OH is 1. The van der Waals surface area contributed by atoms with Gasteiger partial charge in [-0.3, -0.25) is 0 Å². The van der Waals surface area contributed by atoms with Gasteiger partial charge in [-0.15, -0.1) is 11.8 Å². The number of hydrogen-bond acceptors (Lipinski definition) is 4. The van der Waals surface area contributed by atoms with Crippen LogP contribution in [0.25, 0.3) is 0 Å². The Bertz CT molecular complexity index is 331. The Morgan fingerprint density at radius 2 is 2.06 bits per heavy atom. The van der Waals surface area contributed by atoms with Gasteiger partial charge < -0.3 is 15.2 Å². The van der Waals surface area contributed by atoms with Gasteiger partial charge in [0.25, 0.3) is 0 Å². The number of likely N-dealkylation sites (N-methyl/N-ethyl adjacent to an activating group) is 1. The number of carbonyl (C=O) groups is 1. The lowest BCUT2D eigenvalue weighted by atomic mass is 10.0. The van der Waals surface area contributed by atoms with Crippen LogP contribution in [0.2, 0.25) is 0 Å². The molecule has 0 radical (unpaired) electrons. The lowest BCUT2D eigenvalue weighted by molar-refractivity contribution is -0.112. The van der Waals surface area contributed by atoms with Crippen molar-refractivity contribution < 1.29 is 9.90 Å². The zero-order valence-corrected chi connectivity index (χ0v) is 11.0. The van der Waals surface area contributed by atoms with Gasteiger partial charge in [-0.2, -0.15) is 0 Å². The Balaban J connectivity index is 2.44. The van der Waals surface area contributed by atoms with Crippen molar-refractivity contribution in [3.63, 3.8) is 0 Å². The lowest BCUT2D eigenvalue weighted by Crippen LogP contribution is -2.43. The second-order valence-corrected chi connectivity index (χ2v) is 5.14. The molecule has 94 valence electrons. The van der Waals surface area contributed by atoms with E-state index in [4.69, 9.17) is 0 Å². The largest absolute Gasteiger partial charge is 0.391 e. The highest BCUT2D eigenvalue weighted by atomic mass is 32.2. The maximum atomic E-state index is 10.7. The first-order valence-electron chi connectivity index (χ1n) is 5.67. The van der Waals surface area contributed by atoms with Crippen molar-refractivity contribution in [2.24, 2.45) is 5.92 Å². The van der Waals surface area contributed by atoms with Gasteiger partial charge in [0.15, 0.2) is 0 Å². The second-order valence-electron chi connectivity index (χ2n) is 4.04. The highest BCUT2D eigenvalue weighted by Crippen LogP contribution is 2.22. The van der Waals surface area contributed by atoms with Crippen LogP contribution in [0.15, 0.2) is 35.2 Å². The van der Waals surface area contributed by atoms with Crippen LogP contribution in [0, 0.1) is 5.92 Å². The third kappa shape index (κ3) is 4.50. The molecule has 0 saturated heterocycles. The molecule has 3 atom stereocenters. The molecule has 0 bridgehead atoms. The van der Waals surface area contributed by atoms with Gasteiger partial charge in [0.1, 0.15) is 6.29 Å². The number of aliphatic hydroxyl groups is 1. The minimum absolute atomic E-state index is 0.0582. The Labute approximate surface area is 107 Å². The first-order chi connectivity index (χ1) is 8.19. The molecular formula is C13H19NO2S. The average Bonchev–Trinajstić information content (AvgIpc) is 2.38. The predicted octanol–water partition coefficient (Wildman–Crippen LogP) is 1.56. The van der Waals surface area contributed by atoms with Gasteiger partial charge >= 0.3 is 0 Å². The number of benzene rings is 1. The number of aldehydes is 1. The maximum Gasteiger partial charge on any atom is 0.139 e. The van der Waals surface area contributed by atoms with E-state index in [0.717, 1.165) is 12.0 Å². The molecule has 1 rings (SSSR count). The summed E-state index contributed by atoms with van der Waals surface area (Å²) in [5.41, 5.74) is 0. The molecule has 0 aromatic heterocycles. The monoisotopic (exact) mass is 253 g/mol. The number of nitrogens with one attached hydrogen (secondary N) is 1. The van der Waals surface area contributed by atoms with Crippen molar-refractivity contribution in [3.8, 4) is 0 Å². The minimum Gasteiger partial charge on any atom is -0.391 e. The van der Waals surface area contributed by atoms with Gasteiger partial charge in [-0.25, -0.2) is 0 Å². The standard InChI is InChI=1S/C13H19NO2S/c1-10(13(16)12(8-15)14-2)9-17-11-6-4-3-5-7-11/h3-8,10,12-14,16H,9H2,1-2H3/t10?,12-,13-/m1/s1. The first kappa shape index (κ1) is 14.2. The van der Waals surface area contributed by atoms with Crippen molar-refractivity contribution in [3.05, 3.63) is 30.3 Å². The fraction of sp³-hybridized carbons (Fsp3) is 0.462. The smallest absolute Gasteiger partial charge is 0.139 e. The predicted molar refractivity (Wildman–Crippen MR) is 71.2 cm³/mol. The van der Waals surface area contributed by atoms with Crippen molar-refractivity contribution in [2.45, 2.75) is 24.0 Å². The topological polar surface area (TPSA) is 49.3 Å². The molecule has 0 aliphatic carbocycles. The fourth-order valence-corrected chi connectivity index (χ4v) is 2.52. The third-order valence-corrected chi connectivity index (χ3v) is 3.98. The molecule has 1 unspecified atom stereocenters. The van der Waals surface area contributed by atoms with E-state index in [9.17, 15) is 9.90 Å². The van der Waals surface area contributed by atoms with Crippen molar-refractivity contribution >= 4 is 18.0 Å². The summed E-state index contributed by atoms with van der Waals surface area (Å²) in [6.45, 7) is 1.95. The number of hydrogen-bond donors (Lipinski definition) is 2. The van der Waals surface area contributed by atoms with E-state index in [0.29, 0.717) is 0 Å². The Morgan fingerprint density at radius 1 is 1.41 bits per heavy atom. The number of carbonyl (C=O) groups excluding carboxylic acids is 1. The summed E-state index contributed by atoms with van der Waals surface area (Å²) >= 11 is 1.69. The Hall–Kier alpha value is -0.840. The first-order valence-corrected chi connectivity index (χ1v) is 6.66.